The monoisotopic (exact) mass is 483 g/mol. The van der Waals surface area contributed by atoms with Gasteiger partial charge < -0.3 is 19.9 Å². The number of amides is 2. The van der Waals surface area contributed by atoms with Gasteiger partial charge in [0, 0.05) is 22.7 Å². The predicted octanol–water partition coefficient (Wildman–Crippen LogP) is 2.86. The highest BCUT2D eigenvalue weighted by Crippen LogP contribution is 2.29. The maximum Gasteiger partial charge on any atom is 0.255 e. The quantitative estimate of drug-likeness (QED) is 0.177. The highest BCUT2D eigenvalue weighted by atomic mass is 35.5. The van der Waals surface area contributed by atoms with E-state index in [9.17, 15) is 9.59 Å². The highest BCUT2D eigenvalue weighted by molar-refractivity contribution is 6.30. The van der Waals surface area contributed by atoms with E-state index in [1.165, 1.54) is 9.91 Å². The Morgan fingerprint density at radius 1 is 1.26 bits per heavy atom. The third kappa shape index (κ3) is 6.84. The van der Waals surface area contributed by atoms with Gasteiger partial charge in [0.25, 0.3) is 5.91 Å². The van der Waals surface area contributed by atoms with Gasteiger partial charge in [-0.2, -0.15) is 0 Å². The number of nitrogens with zero attached hydrogens (tertiary/aromatic N) is 3. The summed E-state index contributed by atoms with van der Waals surface area (Å²) in [6, 6.07) is 14.6. The Hall–Kier alpha value is -3.33. The van der Waals surface area contributed by atoms with Gasteiger partial charge in [0.15, 0.2) is 0 Å². The van der Waals surface area contributed by atoms with Crippen LogP contribution in [-0.2, 0) is 9.59 Å². The van der Waals surface area contributed by atoms with E-state index in [0.717, 1.165) is 18.5 Å². The summed E-state index contributed by atoms with van der Waals surface area (Å²) in [4.78, 5) is 27.9. The van der Waals surface area contributed by atoms with Gasteiger partial charge in [-0.25, -0.2) is 5.84 Å². The largest absolute Gasteiger partial charge is 0.494 e. The summed E-state index contributed by atoms with van der Waals surface area (Å²) in [5.41, 5.74) is 2.09. The fourth-order valence-electron chi connectivity index (χ4n) is 3.42. The molecule has 180 valence electrons. The Bertz CT molecular complexity index is 1090. The lowest BCUT2D eigenvalue weighted by Crippen LogP contribution is -2.32. The van der Waals surface area contributed by atoms with Crippen molar-refractivity contribution in [1.82, 2.24) is 15.1 Å². The number of halogens is 1. The van der Waals surface area contributed by atoms with E-state index in [4.69, 9.17) is 22.2 Å². The predicted molar refractivity (Wildman–Crippen MR) is 135 cm³/mol. The molecule has 0 aromatic heterocycles. The third-order valence-electron chi connectivity index (χ3n) is 5.17. The van der Waals surface area contributed by atoms with Crippen molar-refractivity contribution in [2.24, 2.45) is 5.84 Å². The molecule has 1 aliphatic heterocycles. The topological polar surface area (TPSA) is 91.1 Å². The van der Waals surface area contributed by atoms with Crippen LogP contribution in [0.25, 0.3) is 5.70 Å². The SMILES string of the molecule is C=C(/C=C(/c1cccc(OCCCN(C)C)c1)N(N)c1cccc(Cl)c1)C(=O)N1CNC(=O)C1. The van der Waals surface area contributed by atoms with E-state index in [1.54, 1.807) is 24.3 Å². The lowest BCUT2D eigenvalue weighted by atomic mass is 10.1. The van der Waals surface area contributed by atoms with Crippen molar-refractivity contribution in [3.05, 3.63) is 77.3 Å². The molecule has 2 aromatic carbocycles. The van der Waals surface area contributed by atoms with Gasteiger partial charge in [-0.3, -0.25) is 14.6 Å². The molecular formula is C25H30ClN5O3. The Labute approximate surface area is 205 Å². The Morgan fingerprint density at radius 3 is 2.71 bits per heavy atom. The smallest absolute Gasteiger partial charge is 0.255 e. The number of hydrogen-bond donors (Lipinski definition) is 2. The molecule has 1 heterocycles. The van der Waals surface area contributed by atoms with Gasteiger partial charge in [-0.1, -0.05) is 36.4 Å². The highest BCUT2D eigenvalue weighted by Gasteiger charge is 2.25. The molecule has 1 fully saturated rings. The second-order valence-electron chi connectivity index (χ2n) is 8.20. The summed E-state index contributed by atoms with van der Waals surface area (Å²) < 4.78 is 5.92. The molecule has 1 aliphatic rings. The second-order valence-corrected chi connectivity index (χ2v) is 8.64. The minimum Gasteiger partial charge on any atom is -0.494 e. The number of hydrazine groups is 1. The molecule has 2 aromatic rings. The molecule has 8 nitrogen and oxygen atoms in total. The lowest BCUT2D eigenvalue weighted by molar-refractivity contribution is -0.127. The first-order chi connectivity index (χ1) is 16.2. The van der Waals surface area contributed by atoms with Gasteiger partial charge in [0.1, 0.15) is 12.3 Å². The number of hydrogen-bond acceptors (Lipinski definition) is 6. The molecule has 9 heteroatoms. The van der Waals surface area contributed by atoms with Crippen molar-refractivity contribution in [3.63, 3.8) is 0 Å². The van der Waals surface area contributed by atoms with Crippen LogP contribution in [0.4, 0.5) is 5.69 Å². The molecule has 34 heavy (non-hydrogen) atoms. The number of nitrogens with two attached hydrogens (primary N) is 1. The normalized spacial score (nSPS) is 13.7. The first-order valence-electron chi connectivity index (χ1n) is 10.9. The lowest BCUT2D eigenvalue weighted by Gasteiger charge is -2.24. The van der Waals surface area contributed by atoms with E-state index in [2.05, 4.69) is 16.8 Å². The van der Waals surface area contributed by atoms with Crippen molar-refractivity contribution < 1.29 is 14.3 Å². The number of ether oxygens (including phenoxy) is 1. The van der Waals surface area contributed by atoms with E-state index in [0.29, 0.717) is 28.8 Å². The number of benzene rings is 2. The fourth-order valence-corrected chi connectivity index (χ4v) is 3.60. The van der Waals surface area contributed by atoms with Crippen molar-refractivity contribution >= 4 is 34.8 Å². The summed E-state index contributed by atoms with van der Waals surface area (Å²) in [7, 11) is 4.04. The standard InChI is InChI=1S/C25H30ClN5O3/c1-18(25(33)30-16-24(32)28-17-30)13-23(31(27)21-9-5-8-20(26)15-21)19-7-4-10-22(14-19)34-12-6-11-29(2)3/h4-5,7-10,13-15H,1,6,11-12,16-17,27H2,2-3H3,(H,28,32)/b23-13-. The van der Waals surface area contributed by atoms with Crippen LogP contribution in [0.2, 0.25) is 5.02 Å². The maximum atomic E-state index is 12.8. The Balaban J connectivity index is 1.89. The van der Waals surface area contributed by atoms with Gasteiger partial charge in [-0.15, -0.1) is 0 Å². The van der Waals surface area contributed by atoms with Gasteiger partial charge in [0.05, 0.1) is 24.7 Å². The molecule has 3 N–H and O–H groups in total. The number of anilines is 1. The number of carbonyl (C=O) groups is 2. The molecule has 0 aliphatic carbocycles. The zero-order chi connectivity index (χ0) is 24.7. The molecule has 0 saturated carbocycles. The minimum atomic E-state index is -0.355. The molecule has 1 saturated heterocycles. The van der Waals surface area contributed by atoms with E-state index in [1.807, 2.05) is 44.4 Å². The first-order valence-corrected chi connectivity index (χ1v) is 11.3. The fraction of sp³-hybridized carbons (Fsp3) is 0.280. The zero-order valence-corrected chi connectivity index (χ0v) is 20.2. The van der Waals surface area contributed by atoms with Crippen LogP contribution in [0.1, 0.15) is 12.0 Å². The van der Waals surface area contributed by atoms with Crippen LogP contribution in [-0.4, -0.2) is 62.1 Å². The first kappa shape index (κ1) is 25.3. The van der Waals surface area contributed by atoms with Crippen LogP contribution >= 0.6 is 11.6 Å². The van der Waals surface area contributed by atoms with Crippen molar-refractivity contribution in [2.45, 2.75) is 6.42 Å². The number of nitrogens with one attached hydrogen (secondary N) is 1. The molecule has 0 spiro atoms. The molecule has 0 unspecified atom stereocenters. The number of rotatable bonds is 10. The zero-order valence-electron chi connectivity index (χ0n) is 19.5. The third-order valence-corrected chi connectivity index (χ3v) is 5.40. The van der Waals surface area contributed by atoms with Crippen LogP contribution in [0.15, 0.2) is 66.8 Å². The Kier molecular flexibility index (Phi) is 8.70. The van der Waals surface area contributed by atoms with Crippen LogP contribution < -0.4 is 20.9 Å². The summed E-state index contributed by atoms with van der Waals surface area (Å²) >= 11 is 6.17. The van der Waals surface area contributed by atoms with Crippen molar-refractivity contribution in [3.8, 4) is 5.75 Å². The maximum absolute atomic E-state index is 12.8. The van der Waals surface area contributed by atoms with Crippen molar-refractivity contribution in [2.75, 3.05) is 45.5 Å². The molecule has 2 amide bonds. The molecule has 0 atom stereocenters. The average Bonchev–Trinajstić information content (AvgIpc) is 3.25. The van der Waals surface area contributed by atoms with Crippen LogP contribution in [0.5, 0.6) is 5.75 Å². The second kappa shape index (κ2) is 11.7. The number of carbonyl (C=O) groups excluding carboxylic acids is 2. The molecule has 3 rings (SSSR count). The summed E-state index contributed by atoms with van der Waals surface area (Å²) in [6.07, 6.45) is 2.50. The average molecular weight is 484 g/mol. The van der Waals surface area contributed by atoms with E-state index >= 15 is 0 Å². The molecule has 0 radical (unpaired) electrons. The minimum absolute atomic E-state index is 0.00205. The summed E-state index contributed by atoms with van der Waals surface area (Å²) in [5.74, 6) is 6.62. The van der Waals surface area contributed by atoms with Gasteiger partial charge in [-0.05, 0) is 56.9 Å². The molecule has 0 bridgehead atoms. The van der Waals surface area contributed by atoms with Crippen molar-refractivity contribution in [1.29, 1.82) is 0 Å². The molecular weight excluding hydrogens is 454 g/mol. The Morgan fingerprint density at radius 2 is 2.03 bits per heavy atom. The summed E-state index contributed by atoms with van der Waals surface area (Å²) in [6.45, 7) is 5.57. The van der Waals surface area contributed by atoms with E-state index in [-0.39, 0.29) is 30.6 Å². The van der Waals surface area contributed by atoms with E-state index < -0.39 is 0 Å². The van der Waals surface area contributed by atoms with Gasteiger partial charge in [0.2, 0.25) is 5.91 Å². The van der Waals surface area contributed by atoms with Gasteiger partial charge >= 0.3 is 0 Å². The van der Waals surface area contributed by atoms with Crippen LogP contribution in [0.3, 0.4) is 0 Å². The van der Waals surface area contributed by atoms with Crippen LogP contribution in [0, 0.1) is 0 Å². The summed E-state index contributed by atoms with van der Waals surface area (Å²) in [5, 5.41) is 4.60.